The fourth-order valence-electron chi connectivity index (χ4n) is 2.39. The molecule has 0 aliphatic carbocycles. The molecule has 10 nitrogen and oxygen atoms in total. The van der Waals surface area contributed by atoms with Gasteiger partial charge < -0.3 is 9.72 Å². The highest BCUT2D eigenvalue weighted by atomic mass is 16.5. The zero-order valence-corrected chi connectivity index (χ0v) is 12.5. The molecule has 4 aromatic rings. The van der Waals surface area contributed by atoms with Crippen molar-refractivity contribution in [3.8, 4) is 5.69 Å². The van der Waals surface area contributed by atoms with Crippen molar-refractivity contribution in [1.82, 2.24) is 34.3 Å². The maximum atomic E-state index is 12.2. The molecule has 4 rings (SSSR count). The summed E-state index contributed by atoms with van der Waals surface area (Å²) >= 11 is 0. The van der Waals surface area contributed by atoms with E-state index in [1.54, 1.807) is 36.3 Å². The molecule has 3 heterocycles. The summed E-state index contributed by atoms with van der Waals surface area (Å²) in [7, 11) is 0. The summed E-state index contributed by atoms with van der Waals surface area (Å²) < 4.78 is 7.90. The number of carbonyl (C=O) groups excluding carboxylic acids is 1. The molecule has 1 aromatic carbocycles. The van der Waals surface area contributed by atoms with E-state index in [1.165, 1.54) is 4.52 Å². The van der Waals surface area contributed by atoms with Gasteiger partial charge in [-0.2, -0.15) is 4.98 Å². The second-order valence-corrected chi connectivity index (χ2v) is 4.92. The minimum atomic E-state index is -0.671. The molecule has 0 unspecified atom stereocenters. The Bertz CT molecular complexity index is 1110. The zero-order valence-electron chi connectivity index (χ0n) is 12.5. The van der Waals surface area contributed by atoms with Gasteiger partial charge in [0.2, 0.25) is 5.65 Å². The predicted molar refractivity (Wildman–Crippen MR) is 82.0 cm³/mol. The van der Waals surface area contributed by atoms with E-state index in [4.69, 9.17) is 4.74 Å². The average molecular weight is 325 g/mol. The predicted octanol–water partition coefficient (Wildman–Crippen LogP) is 0.328. The second-order valence-electron chi connectivity index (χ2n) is 4.92. The first kappa shape index (κ1) is 14.1. The first-order chi connectivity index (χ1) is 11.7. The summed E-state index contributed by atoms with van der Waals surface area (Å²) in [6.07, 6.45) is 3.10. The van der Waals surface area contributed by atoms with Crippen LogP contribution in [0.15, 0.2) is 35.6 Å². The Hall–Kier alpha value is -3.56. The van der Waals surface area contributed by atoms with E-state index in [1.807, 2.05) is 6.07 Å². The maximum Gasteiger partial charge on any atom is 0.378 e. The van der Waals surface area contributed by atoms with Gasteiger partial charge in [0.05, 0.1) is 23.3 Å². The van der Waals surface area contributed by atoms with E-state index in [-0.39, 0.29) is 18.1 Å². The van der Waals surface area contributed by atoms with Gasteiger partial charge >= 0.3 is 5.97 Å². The van der Waals surface area contributed by atoms with E-state index in [2.05, 4.69) is 25.3 Å². The normalized spacial score (nSPS) is 11.2. The molecule has 3 aromatic heterocycles. The van der Waals surface area contributed by atoms with Gasteiger partial charge in [0, 0.05) is 0 Å². The van der Waals surface area contributed by atoms with Crippen LogP contribution in [0.25, 0.3) is 22.4 Å². The highest BCUT2D eigenvalue weighted by Gasteiger charge is 2.17. The van der Waals surface area contributed by atoms with Crippen molar-refractivity contribution in [3.63, 3.8) is 0 Å². The molecule has 120 valence electrons. The van der Waals surface area contributed by atoms with E-state index in [9.17, 15) is 9.59 Å². The molecule has 0 fully saturated rings. The Labute approximate surface area is 133 Å². The van der Waals surface area contributed by atoms with Gasteiger partial charge in [0.25, 0.3) is 11.4 Å². The lowest BCUT2D eigenvalue weighted by Crippen LogP contribution is -2.11. The van der Waals surface area contributed by atoms with Crippen LogP contribution in [0.2, 0.25) is 0 Å². The maximum absolute atomic E-state index is 12.2. The highest BCUT2D eigenvalue weighted by Crippen LogP contribution is 2.16. The fraction of sp³-hybridized carbons (Fsp3) is 0.143. The van der Waals surface area contributed by atoms with Gasteiger partial charge in [-0.05, 0) is 25.1 Å². The number of H-pyrrole nitrogens is 1. The summed E-state index contributed by atoms with van der Waals surface area (Å²) in [4.78, 5) is 30.7. The number of nitrogens with zero attached hydrogens (tertiary/aromatic N) is 6. The van der Waals surface area contributed by atoms with E-state index in [0.29, 0.717) is 11.0 Å². The van der Waals surface area contributed by atoms with Crippen LogP contribution >= 0.6 is 0 Å². The summed E-state index contributed by atoms with van der Waals surface area (Å²) in [6.45, 7) is 1.89. The molecule has 0 atom stereocenters. The molecule has 24 heavy (non-hydrogen) atoms. The molecule has 0 saturated heterocycles. The first-order valence-electron chi connectivity index (χ1n) is 7.12. The molecule has 0 aliphatic heterocycles. The second kappa shape index (κ2) is 5.26. The third-order valence-electron chi connectivity index (χ3n) is 3.44. The molecule has 10 heteroatoms. The third-order valence-corrected chi connectivity index (χ3v) is 3.44. The number of aromatic amines is 1. The lowest BCUT2D eigenvalue weighted by Gasteiger charge is -2.04. The number of benzene rings is 1. The minimum Gasteiger partial charge on any atom is -0.460 e. The molecule has 0 radical (unpaired) electrons. The van der Waals surface area contributed by atoms with Crippen LogP contribution in [0, 0.1) is 0 Å². The first-order valence-corrected chi connectivity index (χ1v) is 7.12. The molecular formula is C14H11N7O3. The van der Waals surface area contributed by atoms with Crippen molar-refractivity contribution in [3.05, 3.63) is 47.0 Å². The van der Waals surface area contributed by atoms with Gasteiger partial charge in [-0.15, -0.1) is 15.3 Å². The van der Waals surface area contributed by atoms with Crippen molar-refractivity contribution in [2.75, 3.05) is 6.61 Å². The number of hydrogen-bond acceptors (Lipinski definition) is 7. The number of esters is 1. The van der Waals surface area contributed by atoms with Gasteiger partial charge in [0.1, 0.15) is 12.7 Å². The van der Waals surface area contributed by atoms with Crippen LogP contribution in [-0.2, 0) is 4.74 Å². The fourth-order valence-corrected chi connectivity index (χ4v) is 2.39. The Balaban J connectivity index is 1.94. The largest absolute Gasteiger partial charge is 0.460 e. The number of ether oxygens (including phenoxy) is 1. The SMILES string of the molecule is CCOC(=O)c1nc2c(=O)[nH]c3cc(-n4cnnc4)ccc3n2n1. The van der Waals surface area contributed by atoms with E-state index < -0.39 is 11.5 Å². The number of rotatable bonds is 3. The van der Waals surface area contributed by atoms with Crippen LogP contribution in [0.5, 0.6) is 0 Å². The zero-order chi connectivity index (χ0) is 16.7. The summed E-state index contributed by atoms with van der Waals surface area (Å²) in [5, 5.41) is 11.6. The Morgan fingerprint density at radius 1 is 1.29 bits per heavy atom. The summed E-state index contributed by atoms with van der Waals surface area (Å²) in [6, 6.07) is 5.33. The Kier molecular flexibility index (Phi) is 3.08. The molecule has 0 bridgehead atoms. The van der Waals surface area contributed by atoms with E-state index >= 15 is 0 Å². The van der Waals surface area contributed by atoms with Gasteiger partial charge in [-0.3, -0.25) is 9.36 Å². The average Bonchev–Trinajstić information content (AvgIpc) is 3.25. The summed E-state index contributed by atoms with van der Waals surface area (Å²) in [5.74, 6) is -0.826. The van der Waals surface area contributed by atoms with Gasteiger partial charge in [0.15, 0.2) is 0 Å². The lowest BCUT2D eigenvalue weighted by atomic mass is 10.2. The molecule has 0 aliphatic rings. The van der Waals surface area contributed by atoms with Crippen LogP contribution in [0.1, 0.15) is 17.5 Å². The molecule has 1 N–H and O–H groups in total. The van der Waals surface area contributed by atoms with Crippen molar-refractivity contribution in [2.45, 2.75) is 6.92 Å². The quantitative estimate of drug-likeness (QED) is 0.539. The van der Waals surface area contributed by atoms with Crippen molar-refractivity contribution >= 4 is 22.6 Å². The van der Waals surface area contributed by atoms with E-state index in [0.717, 1.165) is 5.69 Å². The Morgan fingerprint density at radius 3 is 2.83 bits per heavy atom. The monoisotopic (exact) mass is 325 g/mol. The van der Waals surface area contributed by atoms with Crippen LogP contribution in [0.4, 0.5) is 0 Å². The number of fused-ring (bicyclic) bond motifs is 3. The number of nitrogens with one attached hydrogen (secondary N) is 1. The highest BCUT2D eigenvalue weighted by molar-refractivity contribution is 5.86. The van der Waals surface area contributed by atoms with Crippen LogP contribution in [0.3, 0.4) is 0 Å². The molecule has 0 saturated carbocycles. The smallest absolute Gasteiger partial charge is 0.378 e. The van der Waals surface area contributed by atoms with Gasteiger partial charge in [-0.25, -0.2) is 9.31 Å². The van der Waals surface area contributed by atoms with Gasteiger partial charge in [-0.1, -0.05) is 0 Å². The molecular weight excluding hydrogens is 314 g/mol. The standard InChI is InChI=1S/C14H11N7O3/c1-2-24-14(23)11-18-12-13(22)17-9-5-8(20-6-15-16-7-20)3-4-10(9)21(12)19-11/h3-7H,2H2,1H3,(H,17,22). The van der Waals surface area contributed by atoms with Crippen molar-refractivity contribution in [2.24, 2.45) is 0 Å². The minimum absolute atomic E-state index is 0.0302. The lowest BCUT2D eigenvalue weighted by molar-refractivity contribution is 0.0512. The van der Waals surface area contributed by atoms with Crippen molar-refractivity contribution < 1.29 is 9.53 Å². The number of aromatic nitrogens is 7. The number of hydrogen-bond donors (Lipinski definition) is 1. The van der Waals surface area contributed by atoms with Crippen LogP contribution < -0.4 is 5.56 Å². The molecule has 0 spiro atoms. The Morgan fingerprint density at radius 2 is 2.08 bits per heavy atom. The van der Waals surface area contributed by atoms with Crippen LogP contribution in [-0.4, -0.2) is 46.9 Å². The topological polar surface area (TPSA) is 120 Å². The third kappa shape index (κ3) is 2.12. The van der Waals surface area contributed by atoms with Crippen molar-refractivity contribution in [1.29, 1.82) is 0 Å². The molecule has 0 amide bonds. The number of carbonyl (C=O) groups is 1. The summed E-state index contributed by atoms with van der Waals surface area (Å²) in [5.41, 5.74) is 1.49.